The maximum atomic E-state index is 12.6. The van der Waals surface area contributed by atoms with Crippen molar-refractivity contribution in [1.29, 1.82) is 0 Å². The molecule has 144 valence electrons. The highest BCUT2D eigenvalue weighted by Gasteiger charge is 2.71. The van der Waals surface area contributed by atoms with Crippen LogP contribution in [0.5, 0.6) is 0 Å². The molecule has 0 aromatic heterocycles. The number of esters is 2. The Kier molecular flexibility index (Phi) is 3.84. The van der Waals surface area contributed by atoms with Crippen LogP contribution in [0, 0.1) is 22.7 Å². The van der Waals surface area contributed by atoms with E-state index in [1.165, 1.54) is 6.08 Å². The molecule has 0 amide bonds. The van der Waals surface area contributed by atoms with E-state index in [9.17, 15) is 19.8 Å². The summed E-state index contributed by atoms with van der Waals surface area (Å²) in [5.74, 6) is -0.708. The predicted octanol–water partition coefficient (Wildman–Crippen LogP) is 2.08. The molecule has 0 spiro atoms. The molecule has 2 aliphatic carbocycles. The van der Waals surface area contributed by atoms with E-state index in [0.29, 0.717) is 24.8 Å². The molecule has 26 heavy (non-hydrogen) atoms. The number of carbonyl (C=O) groups excluding carboxylic acids is 2. The number of carbonyl (C=O) groups is 2. The molecular weight excluding hydrogens is 336 g/mol. The number of hydrogen-bond acceptors (Lipinski definition) is 6. The lowest BCUT2D eigenvalue weighted by molar-refractivity contribution is -0.218. The molecule has 0 aromatic rings. The third-order valence-electron chi connectivity index (χ3n) is 7.89. The van der Waals surface area contributed by atoms with Gasteiger partial charge in [-0.25, -0.2) is 4.79 Å². The van der Waals surface area contributed by atoms with Gasteiger partial charge in [0, 0.05) is 23.0 Å². The second kappa shape index (κ2) is 5.55. The highest BCUT2D eigenvalue weighted by molar-refractivity contribution is 5.85. The lowest BCUT2D eigenvalue weighted by atomic mass is 9.44. The summed E-state index contributed by atoms with van der Waals surface area (Å²) in [7, 11) is 0. The summed E-state index contributed by atoms with van der Waals surface area (Å²) in [5, 5.41) is 21.7. The molecule has 4 aliphatic rings. The average molecular weight is 364 g/mol. The fourth-order valence-electron chi connectivity index (χ4n) is 6.51. The zero-order valence-corrected chi connectivity index (χ0v) is 15.7. The Morgan fingerprint density at radius 1 is 1.23 bits per heavy atom. The molecule has 0 bridgehead atoms. The molecule has 0 radical (unpaired) electrons. The number of hydrogen-bond donors (Lipinski definition) is 2. The Balaban J connectivity index is 1.66. The monoisotopic (exact) mass is 364 g/mol. The highest BCUT2D eigenvalue weighted by Crippen LogP contribution is 2.67. The van der Waals surface area contributed by atoms with Gasteiger partial charge in [0.2, 0.25) is 6.29 Å². The molecular formula is C20H28O6. The second-order valence-corrected chi connectivity index (χ2v) is 9.18. The van der Waals surface area contributed by atoms with Crippen molar-refractivity contribution in [3.05, 3.63) is 11.6 Å². The number of rotatable bonds is 3. The molecule has 2 aliphatic heterocycles. The summed E-state index contributed by atoms with van der Waals surface area (Å²) >= 11 is 0. The van der Waals surface area contributed by atoms with Gasteiger partial charge in [0.25, 0.3) is 0 Å². The number of ether oxygens (including phenoxy) is 2. The van der Waals surface area contributed by atoms with Crippen molar-refractivity contribution in [3.63, 3.8) is 0 Å². The minimum Gasteiger partial charge on any atom is -0.462 e. The van der Waals surface area contributed by atoms with Crippen molar-refractivity contribution in [2.75, 3.05) is 0 Å². The van der Waals surface area contributed by atoms with Crippen LogP contribution in [0.2, 0.25) is 0 Å². The smallest absolute Gasteiger partial charge is 0.333 e. The van der Waals surface area contributed by atoms with Crippen molar-refractivity contribution >= 4 is 11.9 Å². The van der Waals surface area contributed by atoms with E-state index < -0.39 is 28.7 Å². The van der Waals surface area contributed by atoms with E-state index in [0.717, 1.165) is 19.3 Å². The first-order valence-electron chi connectivity index (χ1n) is 9.64. The topological polar surface area (TPSA) is 93.1 Å². The van der Waals surface area contributed by atoms with Gasteiger partial charge in [-0.1, -0.05) is 20.3 Å². The Bertz CT molecular complexity index is 686. The molecule has 7 unspecified atom stereocenters. The van der Waals surface area contributed by atoms with Crippen LogP contribution in [0.15, 0.2) is 11.6 Å². The van der Waals surface area contributed by atoms with Gasteiger partial charge in [-0.3, -0.25) is 4.79 Å². The van der Waals surface area contributed by atoms with Crippen LogP contribution in [0.4, 0.5) is 0 Å². The lowest BCUT2D eigenvalue weighted by Gasteiger charge is -2.61. The molecule has 0 aromatic carbocycles. The first-order valence-corrected chi connectivity index (χ1v) is 9.64. The van der Waals surface area contributed by atoms with Gasteiger partial charge in [-0.05, 0) is 44.9 Å². The maximum absolute atomic E-state index is 12.6. The largest absolute Gasteiger partial charge is 0.462 e. The van der Waals surface area contributed by atoms with Crippen molar-refractivity contribution in [3.8, 4) is 0 Å². The quantitative estimate of drug-likeness (QED) is 0.745. The zero-order chi connectivity index (χ0) is 18.9. The molecule has 2 N–H and O–H groups in total. The minimum absolute atomic E-state index is 0.00202. The Morgan fingerprint density at radius 3 is 2.62 bits per heavy atom. The van der Waals surface area contributed by atoms with Gasteiger partial charge >= 0.3 is 11.9 Å². The molecule has 1 saturated heterocycles. The summed E-state index contributed by atoms with van der Waals surface area (Å²) in [6.07, 6.45) is 3.98. The summed E-state index contributed by atoms with van der Waals surface area (Å²) in [4.78, 5) is 23.9. The van der Waals surface area contributed by atoms with Crippen molar-refractivity contribution in [2.45, 2.75) is 77.3 Å². The van der Waals surface area contributed by atoms with E-state index in [2.05, 4.69) is 6.92 Å². The fraction of sp³-hybridized carbons (Fsp3) is 0.800. The van der Waals surface area contributed by atoms with Crippen molar-refractivity contribution in [2.24, 2.45) is 22.7 Å². The van der Waals surface area contributed by atoms with Gasteiger partial charge in [0.15, 0.2) is 0 Å². The molecule has 3 fully saturated rings. The normalized spacial score (nSPS) is 50.1. The van der Waals surface area contributed by atoms with Crippen molar-refractivity contribution < 1.29 is 29.3 Å². The Morgan fingerprint density at radius 2 is 1.96 bits per heavy atom. The van der Waals surface area contributed by atoms with E-state index in [1.54, 1.807) is 0 Å². The maximum Gasteiger partial charge on any atom is 0.333 e. The van der Waals surface area contributed by atoms with Gasteiger partial charge in [-0.15, -0.1) is 0 Å². The first-order chi connectivity index (χ1) is 12.1. The summed E-state index contributed by atoms with van der Waals surface area (Å²) in [6, 6.07) is 0. The first kappa shape index (κ1) is 18.0. The van der Waals surface area contributed by atoms with Gasteiger partial charge in [0.05, 0.1) is 11.0 Å². The van der Waals surface area contributed by atoms with Crippen LogP contribution in [0.3, 0.4) is 0 Å². The summed E-state index contributed by atoms with van der Waals surface area (Å²) < 4.78 is 10.5. The van der Waals surface area contributed by atoms with Crippen LogP contribution >= 0.6 is 0 Å². The molecule has 2 saturated carbocycles. The van der Waals surface area contributed by atoms with Crippen LogP contribution < -0.4 is 0 Å². The van der Waals surface area contributed by atoms with E-state index in [-0.39, 0.29) is 23.9 Å². The Hall–Kier alpha value is -1.40. The van der Waals surface area contributed by atoms with Gasteiger partial charge < -0.3 is 19.7 Å². The average Bonchev–Trinajstić information content (AvgIpc) is 3.01. The molecule has 6 nitrogen and oxygen atoms in total. The lowest BCUT2D eigenvalue weighted by Crippen LogP contribution is -2.65. The SMILES string of the molecule is CC1CC2OC(=O)C3(C)CCCC(C)(C23)C1(O)CCC1=CC(=O)OC1O. The summed E-state index contributed by atoms with van der Waals surface area (Å²) in [6.45, 7) is 6.10. The number of cyclic esters (lactones) is 1. The van der Waals surface area contributed by atoms with E-state index in [1.807, 2.05) is 13.8 Å². The minimum atomic E-state index is -1.21. The highest BCUT2D eigenvalue weighted by atomic mass is 16.6. The molecule has 7 atom stereocenters. The number of aliphatic hydroxyl groups is 2. The second-order valence-electron chi connectivity index (χ2n) is 9.18. The molecule has 2 heterocycles. The van der Waals surface area contributed by atoms with Crippen LogP contribution in [0.1, 0.15) is 59.3 Å². The van der Waals surface area contributed by atoms with Crippen LogP contribution in [-0.2, 0) is 19.1 Å². The van der Waals surface area contributed by atoms with E-state index in [4.69, 9.17) is 9.47 Å². The molecule has 6 heteroatoms. The Labute approximate surface area is 153 Å². The van der Waals surface area contributed by atoms with Gasteiger partial charge in [-0.2, -0.15) is 0 Å². The summed E-state index contributed by atoms with van der Waals surface area (Å²) in [5.41, 5.74) is -1.45. The van der Waals surface area contributed by atoms with Crippen molar-refractivity contribution in [1.82, 2.24) is 0 Å². The zero-order valence-electron chi connectivity index (χ0n) is 15.7. The van der Waals surface area contributed by atoms with E-state index >= 15 is 0 Å². The standard InChI is InChI=1S/C20H28O6/c1-11-9-13-15-18(2,17(23)25-13)6-4-7-19(15,3)20(11,24)8-5-12-10-14(21)26-16(12)22/h10-11,13,15-16,22,24H,4-9H2,1-3H3. The third kappa shape index (κ3) is 2.18. The third-order valence-corrected chi connectivity index (χ3v) is 7.89. The van der Waals surface area contributed by atoms with Crippen LogP contribution in [0.25, 0.3) is 0 Å². The van der Waals surface area contributed by atoms with Gasteiger partial charge in [0.1, 0.15) is 6.10 Å². The fourth-order valence-corrected chi connectivity index (χ4v) is 6.51. The van der Waals surface area contributed by atoms with Crippen LogP contribution in [-0.4, -0.2) is 40.1 Å². The molecule has 4 rings (SSSR count). The number of aliphatic hydroxyl groups excluding tert-OH is 1. The predicted molar refractivity (Wildman–Crippen MR) is 91.6 cm³/mol.